The van der Waals surface area contributed by atoms with Gasteiger partial charge >= 0.3 is 0 Å². The van der Waals surface area contributed by atoms with Gasteiger partial charge in [0.2, 0.25) is 0 Å². The lowest BCUT2D eigenvalue weighted by Gasteiger charge is -1.91. The molecule has 0 atom stereocenters. The van der Waals surface area contributed by atoms with E-state index < -0.39 is 0 Å². The SMILES string of the molecule is c1cc(-c2nc3nccnc3s2)ccn1. The summed E-state index contributed by atoms with van der Waals surface area (Å²) >= 11 is 1.54. The first-order valence-corrected chi connectivity index (χ1v) is 5.23. The van der Waals surface area contributed by atoms with Crippen LogP contribution < -0.4 is 0 Å². The van der Waals surface area contributed by atoms with Gasteiger partial charge in [0.25, 0.3) is 0 Å². The van der Waals surface area contributed by atoms with Crippen LogP contribution >= 0.6 is 11.3 Å². The van der Waals surface area contributed by atoms with Gasteiger partial charge in [0.05, 0.1) is 0 Å². The van der Waals surface area contributed by atoms with Crippen LogP contribution in [0.2, 0.25) is 0 Å². The Morgan fingerprint density at radius 2 is 1.73 bits per heavy atom. The van der Waals surface area contributed by atoms with E-state index >= 15 is 0 Å². The van der Waals surface area contributed by atoms with Crippen molar-refractivity contribution < 1.29 is 0 Å². The second-order valence-corrected chi connectivity index (χ2v) is 3.92. The van der Waals surface area contributed by atoms with Crippen molar-refractivity contribution in [3.8, 4) is 10.6 Å². The fraction of sp³-hybridized carbons (Fsp3) is 0. The van der Waals surface area contributed by atoms with E-state index in [9.17, 15) is 0 Å². The van der Waals surface area contributed by atoms with Crippen LogP contribution in [-0.2, 0) is 0 Å². The van der Waals surface area contributed by atoms with Gasteiger partial charge < -0.3 is 0 Å². The maximum absolute atomic E-state index is 4.40. The molecule has 5 heteroatoms. The van der Waals surface area contributed by atoms with Gasteiger partial charge in [-0.2, -0.15) is 0 Å². The maximum Gasteiger partial charge on any atom is 0.190 e. The Kier molecular flexibility index (Phi) is 1.89. The molecule has 3 aromatic rings. The Hall–Kier alpha value is -1.88. The van der Waals surface area contributed by atoms with Crippen molar-refractivity contribution in [2.75, 3.05) is 0 Å². The third-order valence-corrected chi connectivity index (χ3v) is 2.98. The van der Waals surface area contributed by atoms with Gasteiger partial charge in [0.1, 0.15) is 5.01 Å². The Morgan fingerprint density at radius 1 is 0.933 bits per heavy atom. The van der Waals surface area contributed by atoms with Crippen LogP contribution in [0, 0.1) is 0 Å². The lowest BCUT2D eigenvalue weighted by atomic mass is 10.3. The molecule has 72 valence electrons. The van der Waals surface area contributed by atoms with Crippen LogP contribution in [0.5, 0.6) is 0 Å². The Morgan fingerprint density at radius 3 is 2.53 bits per heavy atom. The molecule has 3 rings (SSSR count). The molecule has 4 nitrogen and oxygen atoms in total. The Labute approximate surface area is 89.7 Å². The van der Waals surface area contributed by atoms with Crippen LogP contribution in [0.25, 0.3) is 21.0 Å². The highest BCUT2D eigenvalue weighted by atomic mass is 32.1. The number of nitrogens with zero attached hydrogens (tertiary/aromatic N) is 4. The van der Waals surface area contributed by atoms with Crippen molar-refractivity contribution in [2.24, 2.45) is 0 Å². The van der Waals surface area contributed by atoms with E-state index in [-0.39, 0.29) is 0 Å². The van der Waals surface area contributed by atoms with E-state index in [2.05, 4.69) is 19.9 Å². The number of aromatic nitrogens is 4. The number of fused-ring (bicyclic) bond motifs is 1. The van der Waals surface area contributed by atoms with Gasteiger partial charge in [0, 0.05) is 30.4 Å². The first-order chi connectivity index (χ1) is 7.43. The lowest BCUT2D eigenvalue weighted by Crippen LogP contribution is -1.78. The van der Waals surface area contributed by atoms with E-state index in [0.717, 1.165) is 15.4 Å². The standard InChI is InChI=1S/C10H6N4S/c1-3-11-4-2-7(1)9-14-8-10(15-9)13-6-5-12-8/h1-6H. The van der Waals surface area contributed by atoms with Crippen LogP contribution in [-0.4, -0.2) is 19.9 Å². The highest BCUT2D eigenvalue weighted by Gasteiger charge is 2.06. The predicted molar refractivity (Wildman–Crippen MR) is 58.4 cm³/mol. The molecule has 0 spiro atoms. The van der Waals surface area contributed by atoms with E-state index in [1.54, 1.807) is 24.8 Å². The van der Waals surface area contributed by atoms with Gasteiger partial charge in [-0.25, -0.2) is 15.0 Å². The zero-order valence-corrected chi connectivity index (χ0v) is 8.48. The minimum atomic E-state index is 0.703. The monoisotopic (exact) mass is 214 g/mol. The quantitative estimate of drug-likeness (QED) is 0.622. The minimum absolute atomic E-state index is 0.703. The summed E-state index contributed by atoms with van der Waals surface area (Å²) in [5, 5.41) is 0.929. The lowest BCUT2D eigenvalue weighted by molar-refractivity contribution is 1.26. The molecule has 3 aromatic heterocycles. The molecule has 0 aliphatic heterocycles. The third kappa shape index (κ3) is 1.46. The molecule has 0 saturated carbocycles. The van der Waals surface area contributed by atoms with Crippen molar-refractivity contribution in [3.63, 3.8) is 0 Å². The van der Waals surface area contributed by atoms with E-state index in [4.69, 9.17) is 0 Å². The number of hydrogen-bond donors (Lipinski definition) is 0. The summed E-state index contributed by atoms with van der Waals surface area (Å²) in [5.74, 6) is 0. The summed E-state index contributed by atoms with van der Waals surface area (Å²) in [6.45, 7) is 0. The third-order valence-electron chi connectivity index (χ3n) is 1.97. The van der Waals surface area contributed by atoms with Crippen molar-refractivity contribution in [2.45, 2.75) is 0 Å². The Bertz CT molecular complexity index is 557. The highest BCUT2D eigenvalue weighted by Crippen LogP contribution is 2.26. The molecule has 0 fully saturated rings. The second kappa shape index (κ2) is 3.36. The first kappa shape index (κ1) is 8.43. The summed E-state index contributed by atoms with van der Waals surface area (Å²) in [6.07, 6.45) is 6.83. The molecule has 0 bridgehead atoms. The topological polar surface area (TPSA) is 51.6 Å². The van der Waals surface area contributed by atoms with Crippen molar-refractivity contribution in [1.29, 1.82) is 0 Å². The van der Waals surface area contributed by atoms with Gasteiger partial charge in [-0.3, -0.25) is 4.98 Å². The smallest absolute Gasteiger partial charge is 0.190 e. The molecule has 0 radical (unpaired) electrons. The van der Waals surface area contributed by atoms with Crippen molar-refractivity contribution >= 4 is 21.8 Å². The van der Waals surface area contributed by atoms with Crippen molar-refractivity contribution in [3.05, 3.63) is 36.9 Å². The van der Waals surface area contributed by atoms with Gasteiger partial charge in [-0.1, -0.05) is 11.3 Å². The summed E-state index contributed by atoms with van der Waals surface area (Å²) < 4.78 is 0. The fourth-order valence-corrected chi connectivity index (χ4v) is 2.17. The molecular formula is C10H6N4S. The number of pyridine rings is 1. The predicted octanol–water partition coefficient (Wildman–Crippen LogP) is 2.15. The Balaban J connectivity index is 2.21. The molecule has 0 unspecified atom stereocenters. The van der Waals surface area contributed by atoms with Crippen LogP contribution in [0.1, 0.15) is 0 Å². The maximum atomic E-state index is 4.40. The fourth-order valence-electron chi connectivity index (χ4n) is 1.30. The van der Waals surface area contributed by atoms with E-state index in [1.807, 2.05) is 12.1 Å². The summed E-state index contributed by atoms with van der Waals surface area (Å²) in [4.78, 5) is 17.6. The molecule has 0 N–H and O–H groups in total. The zero-order valence-electron chi connectivity index (χ0n) is 7.66. The number of rotatable bonds is 1. The summed E-state index contributed by atoms with van der Waals surface area (Å²) in [7, 11) is 0. The molecule has 15 heavy (non-hydrogen) atoms. The summed E-state index contributed by atoms with van der Waals surface area (Å²) in [6, 6.07) is 3.86. The molecule has 0 aliphatic carbocycles. The zero-order chi connectivity index (χ0) is 10.1. The van der Waals surface area contributed by atoms with Crippen LogP contribution in [0.4, 0.5) is 0 Å². The molecule has 3 heterocycles. The van der Waals surface area contributed by atoms with Gasteiger partial charge in [-0.15, -0.1) is 0 Å². The average Bonchev–Trinajstić information content (AvgIpc) is 2.74. The van der Waals surface area contributed by atoms with E-state index in [0.29, 0.717) is 5.65 Å². The molecular weight excluding hydrogens is 208 g/mol. The first-order valence-electron chi connectivity index (χ1n) is 4.41. The van der Waals surface area contributed by atoms with Crippen LogP contribution in [0.15, 0.2) is 36.9 Å². The molecule has 0 aliphatic rings. The largest absolute Gasteiger partial charge is 0.265 e. The second-order valence-electron chi connectivity index (χ2n) is 2.94. The normalized spacial score (nSPS) is 10.7. The van der Waals surface area contributed by atoms with E-state index in [1.165, 1.54) is 11.3 Å². The minimum Gasteiger partial charge on any atom is -0.265 e. The molecule has 0 saturated heterocycles. The van der Waals surface area contributed by atoms with Crippen LogP contribution in [0.3, 0.4) is 0 Å². The average molecular weight is 214 g/mol. The number of hydrogen-bond acceptors (Lipinski definition) is 5. The van der Waals surface area contributed by atoms with Gasteiger partial charge in [0.15, 0.2) is 10.5 Å². The van der Waals surface area contributed by atoms with Crippen molar-refractivity contribution in [1.82, 2.24) is 19.9 Å². The highest BCUT2D eigenvalue weighted by molar-refractivity contribution is 7.21. The molecule has 0 aromatic carbocycles. The summed E-state index contributed by atoms with van der Waals surface area (Å²) in [5.41, 5.74) is 1.75. The van der Waals surface area contributed by atoms with Gasteiger partial charge in [-0.05, 0) is 12.1 Å². The molecule has 0 amide bonds. The number of thiazole rings is 1.